The molecule has 1 N–H and O–H groups in total. The summed E-state index contributed by atoms with van der Waals surface area (Å²) in [7, 11) is 2.26. The van der Waals surface area contributed by atoms with Crippen molar-refractivity contribution in [3.8, 4) is 0 Å². The van der Waals surface area contributed by atoms with Crippen LogP contribution < -0.4 is 4.90 Å². The van der Waals surface area contributed by atoms with E-state index in [-0.39, 0.29) is 0 Å². The number of hydrogen-bond donors (Lipinski definition) is 1. The van der Waals surface area contributed by atoms with Crippen LogP contribution >= 0.6 is 0 Å². The first-order chi connectivity index (χ1) is 8.36. The normalized spacial score (nSPS) is 23.1. The number of para-hydroxylation sites is 1. The zero-order valence-corrected chi connectivity index (χ0v) is 10.2. The van der Waals surface area contributed by atoms with Gasteiger partial charge in [0.2, 0.25) is 0 Å². The largest absolute Gasteiger partial charge is 0.305 e. The summed E-state index contributed by atoms with van der Waals surface area (Å²) in [6.45, 7) is 1.22. The third-order valence-electron chi connectivity index (χ3n) is 3.81. The van der Waals surface area contributed by atoms with Crippen LogP contribution in [-0.4, -0.2) is 13.6 Å². The second-order valence-electron chi connectivity index (χ2n) is 4.87. The molecule has 0 aliphatic carbocycles. The fourth-order valence-electron chi connectivity index (χ4n) is 2.87. The highest BCUT2D eigenvalue weighted by Crippen LogP contribution is 2.33. The smallest absolute Gasteiger partial charge is 0.134 e. The van der Waals surface area contributed by atoms with Gasteiger partial charge in [-0.3, -0.25) is 0 Å². The van der Waals surface area contributed by atoms with Gasteiger partial charge >= 0.3 is 0 Å². The Morgan fingerprint density at radius 3 is 2.47 bits per heavy atom. The highest BCUT2D eigenvalue weighted by atomic mass is 15.1. The van der Waals surface area contributed by atoms with Gasteiger partial charge in [-0.05, 0) is 11.6 Å². The van der Waals surface area contributed by atoms with Gasteiger partial charge in [0.1, 0.15) is 5.69 Å². The van der Waals surface area contributed by atoms with Crippen molar-refractivity contribution in [3.05, 3.63) is 65.7 Å². The first kappa shape index (κ1) is 10.5. The fourth-order valence-corrected chi connectivity index (χ4v) is 2.87. The Labute approximate surface area is 103 Å². The minimum absolute atomic E-state index is 0.580. The highest BCUT2D eigenvalue weighted by molar-refractivity contribution is 5.47. The molecule has 2 unspecified atom stereocenters. The molecule has 17 heavy (non-hydrogen) atoms. The van der Waals surface area contributed by atoms with Gasteiger partial charge in [-0.2, -0.15) is 0 Å². The quantitative estimate of drug-likeness (QED) is 0.758. The lowest BCUT2D eigenvalue weighted by molar-refractivity contribution is -0.813. The Morgan fingerprint density at radius 2 is 1.65 bits per heavy atom. The molecule has 0 saturated heterocycles. The number of quaternary nitrogens is 1. The van der Waals surface area contributed by atoms with Crippen molar-refractivity contribution in [1.29, 1.82) is 0 Å². The lowest BCUT2D eigenvalue weighted by Crippen LogP contribution is -3.05. The molecule has 0 bridgehead atoms. The molecule has 1 aliphatic rings. The van der Waals surface area contributed by atoms with Crippen molar-refractivity contribution >= 4 is 5.69 Å². The summed E-state index contributed by atoms with van der Waals surface area (Å²) in [4.78, 5) is 1.53. The number of nitrogens with one attached hydrogen (secondary N) is 1. The molecule has 0 aromatic heterocycles. The average molecular weight is 224 g/mol. The standard InChI is InChI=1S/C16H17N/c1-17-12-11-14(13-7-3-2-4-8-13)15-9-5-6-10-16(15)17/h2-10,14H,11-12H2,1H3/p+1. The fraction of sp³-hybridized carbons (Fsp3) is 0.250. The van der Waals surface area contributed by atoms with Gasteiger partial charge in [-0.15, -0.1) is 0 Å². The molecule has 2 aromatic rings. The summed E-state index contributed by atoms with van der Waals surface area (Å²) >= 11 is 0. The number of hydrogen-bond acceptors (Lipinski definition) is 0. The van der Waals surface area contributed by atoms with E-state index in [0.29, 0.717) is 5.92 Å². The zero-order valence-electron chi connectivity index (χ0n) is 10.2. The number of fused-ring (bicyclic) bond motifs is 1. The topological polar surface area (TPSA) is 4.44 Å². The third-order valence-corrected chi connectivity index (χ3v) is 3.81. The van der Waals surface area contributed by atoms with Gasteiger partial charge in [-0.1, -0.05) is 48.5 Å². The summed E-state index contributed by atoms with van der Waals surface area (Å²) in [5, 5.41) is 0. The maximum atomic E-state index is 2.29. The molecule has 86 valence electrons. The van der Waals surface area contributed by atoms with Crippen LogP contribution in [0, 0.1) is 0 Å². The summed E-state index contributed by atoms with van der Waals surface area (Å²) in [5.41, 5.74) is 4.42. The minimum Gasteiger partial charge on any atom is -0.305 e. The molecule has 0 fully saturated rings. The van der Waals surface area contributed by atoms with Gasteiger partial charge in [0.15, 0.2) is 0 Å². The van der Waals surface area contributed by atoms with E-state index in [0.717, 1.165) is 0 Å². The van der Waals surface area contributed by atoms with Gasteiger partial charge in [0, 0.05) is 17.9 Å². The number of rotatable bonds is 1. The lowest BCUT2D eigenvalue weighted by atomic mass is 9.84. The predicted octanol–water partition coefficient (Wildman–Crippen LogP) is 2.37. The molecule has 0 spiro atoms. The van der Waals surface area contributed by atoms with E-state index in [1.165, 1.54) is 34.7 Å². The van der Waals surface area contributed by atoms with E-state index in [9.17, 15) is 0 Å². The van der Waals surface area contributed by atoms with Crippen molar-refractivity contribution in [2.75, 3.05) is 13.6 Å². The van der Waals surface area contributed by atoms with Crippen LogP contribution in [0.5, 0.6) is 0 Å². The van der Waals surface area contributed by atoms with Crippen LogP contribution in [0.4, 0.5) is 5.69 Å². The molecule has 1 nitrogen and oxygen atoms in total. The monoisotopic (exact) mass is 224 g/mol. The maximum Gasteiger partial charge on any atom is 0.134 e. The zero-order chi connectivity index (χ0) is 11.7. The Morgan fingerprint density at radius 1 is 0.941 bits per heavy atom. The molecule has 0 amide bonds. The molecule has 0 saturated carbocycles. The Balaban J connectivity index is 2.07. The van der Waals surface area contributed by atoms with Crippen LogP contribution in [-0.2, 0) is 0 Å². The molecule has 2 atom stereocenters. The Kier molecular flexibility index (Phi) is 2.69. The second-order valence-corrected chi connectivity index (χ2v) is 4.87. The van der Waals surface area contributed by atoms with Crippen molar-refractivity contribution in [2.24, 2.45) is 0 Å². The molecule has 2 aromatic carbocycles. The van der Waals surface area contributed by atoms with E-state index in [1.807, 2.05) is 0 Å². The molecule has 1 heterocycles. The SMILES string of the molecule is C[NH+]1CCC(c2ccccc2)c2ccccc21. The van der Waals surface area contributed by atoms with Gasteiger partial charge < -0.3 is 4.90 Å². The lowest BCUT2D eigenvalue weighted by Gasteiger charge is -2.29. The van der Waals surface area contributed by atoms with Crippen LogP contribution in [0.1, 0.15) is 23.5 Å². The first-order valence-electron chi connectivity index (χ1n) is 6.33. The third kappa shape index (κ3) is 1.87. The molecule has 1 aliphatic heterocycles. The Hall–Kier alpha value is -1.60. The Bertz CT molecular complexity index is 504. The summed E-state index contributed by atoms with van der Waals surface area (Å²) in [6.07, 6.45) is 1.24. The van der Waals surface area contributed by atoms with Crippen LogP contribution in [0.3, 0.4) is 0 Å². The average Bonchev–Trinajstić information content (AvgIpc) is 2.41. The second kappa shape index (κ2) is 4.34. The molecular weight excluding hydrogens is 206 g/mol. The van der Waals surface area contributed by atoms with Gasteiger partial charge in [0.25, 0.3) is 0 Å². The summed E-state index contributed by atoms with van der Waals surface area (Å²) in [5.74, 6) is 0.580. The summed E-state index contributed by atoms with van der Waals surface area (Å²) in [6, 6.07) is 19.7. The van der Waals surface area contributed by atoms with Gasteiger partial charge in [-0.25, -0.2) is 0 Å². The van der Waals surface area contributed by atoms with E-state index in [4.69, 9.17) is 0 Å². The molecule has 0 radical (unpaired) electrons. The predicted molar refractivity (Wildman–Crippen MR) is 70.8 cm³/mol. The van der Waals surface area contributed by atoms with E-state index in [2.05, 4.69) is 61.6 Å². The van der Waals surface area contributed by atoms with Crippen LogP contribution in [0.25, 0.3) is 0 Å². The first-order valence-corrected chi connectivity index (χ1v) is 6.33. The van der Waals surface area contributed by atoms with Crippen molar-refractivity contribution in [2.45, 2.75) is 12.3 Å². The van der Waals surface area contributed by atoms with Crippen LogP contribution in [0.2, 0.25) is 0 Å². The van der Waals surface area contributed by atoms with Crippen LogP contribution in [0.15, 0.2) is 54.6 Å². The highest BCUT2D eigenvalue weighted by Gasteiger charge is 2.27. The minimum atomic E-state index is 0.580. The van der Waals surface area contributed by atoms with E-state index < -0.39 is 0 Å². The maximum absolute atomic E-state index is 2.29. The molecule has 1 heteroatoms. The summed E-state index contributed by atoms with van der Waals surface area (Å²) < 4.78 is 0. The van der Waals surface area contributed by atoms with Crippen molar-refractivity contribution in [3.63, 3.8) is 0 Å². The van der Waals surface area contributed by atoms with Crippen molar-refractivity contribution < 1.29 is 4.90 Å². The van der Waals surface area contributed by atoms with Gasteiger partial charge in [0.05, 0.1) is 13.6 Å². The van der Waals surface area contributed by atoms with E-state index in [1.54, 1.807) is 0 Å². The van der Waals surface area contributed by atoms with Crippen molar-refractivity contribution in [1.82, 2.24) is 0 Å². The molecule has 3 rings (SSSR count). The molecular formula is C16H18N+. The van der Waals surface area contributed by atoms with E-state index >= 15 is 0 Å². The number of benzene rings is 2.